The van der Waals surface area contributed by atoms with Crippen molar-refractivity contribution in [3.8, 4) is 11.4 Å². The number of nitrogens with one attached hydrogen (secondary N) is 1. The molecule has 0 radical (unpaired) electrons. The van der Waals surface area contributed by atoms with Gasteiger partial charge in [0, 0.05) is 43.7 Å². The van der Waals surface area contributed by atoms with Gasteiger partial charge in [-0.1, -0.05) is 6.92 Å². The second-order valence-corrected chi connectivity index (χ2v) is 5.54. The second kappa shape index (κ2) is 5.72. The summed E-state index contributed by atoms with van der Waals surface area (Å²) in [5, 5.41) is 3.12. The minimum atomic E-state index is 0.815. The maximum Gasteiger partial charge on any atom is 0.161 e. The summed E-state index contributed by atoms with van der Waals surface area (Å²) in [6, 6.07) is 8.59. The average Bonchev–Trinajstić information content (AvgIpc) is 2.54. The van der Waals surface area contributed by atoms with Gasteiger partial charge in [-0.15, -0.1) is 0 Å². The van der Waals surface area contributed by atoms with Crippen molar-refractivity contribution >= 4 is 11.5 Å². The summed E-state index contributed by atoms with van der Waals surface area (Å²) in [5.41, 5.74) is 4.92. The molecular formula is C17H22N4. The van der Waals surface area contributed by atoms with E-state index in [0.29, 0.717) is 0 Å². The van der Waals surface area contributed by atoms with Crippen LogP contribution in [0.5, 0.6) is 0 Å². The molecule has 1 N–H and O–H groups in total. The van der Waals surface area contributed by atoms with Crippen molar-refractivity contribution in [3.63, 3.8) is 0 Å². The molecule has 1 aliphatic rings. The van der Waals surface area contributed by atoms with Gasteiger partial charge in [0.15, 0.2) is 5.82 Å². The van der Waals surface area contributed by atoms with Crippen LogP contribution in [0.25, 0.3) is 11.4 Å². The van der Waals surface area contributed by atoms with Crippen LogP contribution in [0.3, 0.4) is 0 Å². The molecule has 0 aliphatic carbocycles. The third-order valence-corrected chi connectivity index (χ3v) is 4.09. The van der Waals surface area contributed by atoms with Crippen LogP contribution in [0.2, 0.25) is 0 Å². The third kappa shape index (κ3) is 2.71. The van der Waals surface area contributed by atoms with Crippen LogP contribution < -0.4 is 10.2 Å². The van der Waals surface area contributed by atoms with Crippen molar-refractivity contribution in [2.45, 2.75) is 26.2 Å². The highest BCUT2D eigenvalue weighted by Crippen LogP contribution is 2.30. The van der Waals surface area contributed by atoms with E-state index in [1.54, 1.807) is 0 Å². The highest BCUT2D eigenvalue weighted by Gasteiger charge is 2.15. The number of aromatic nitrogens is 2. The predicted octanol–water partition coefficient (Wildman–Crippen LogP) is 3.13. The Kier molecular flexibility index (Phi) is 3.78. The zero-order valence-electron chi connectivity index (χ0n) is 13.0. The Labute approximate surface area is 126 Å². The van der Waals surface area contributed by atoms with Crippen LogP contribution >= 0.6 is 0 Å². The summed E-state index contributed by atoms with van der Waals surface area (Å²) in [6.07, 6.45) is 3.27. The first-order valence-electron chi connectivity index (χ1n) is 7.61. The number of rotatable bonds is 3. The normalized spacial score (nSPS) is 14.0. The fourth-order valence-electron chi connectivity index (χ4n) is 2.86. The average molecular weight is 282 g/mol. The molecule has 0 saturated carbocycles. The molecule has 1 aliphatic heterocycles. The molecule has 4 nitrogen and oxygen atoms in total. The van der Waals surface area contributed by atoms with Crippen molar-refractivity contribution in [2.75, 3.05) is 30.9 Å². The Morgan fingerprint density at radius 1 is 1.24 bits per heavy atom. The molecule has 0 amide bonds. The number of fused-ring (bicyclic) bond motifs is 1. The molecule has 2 heterocycles. The van der Waals surface area contributed by atoms with Gasteiger partial charge in [-0.2, -0.15) is 0 Å². The topological polar surface area (TPSA) is 41.1 Å². The Morgan fingerprint density at radius 2 is 2.10 bits per heavy atom. The van der Waals surface area contributed by atoms with E-state index in [1.165, 1.54) is 17.7 Å². The summed E-state index contributed by atoms with van der Waals surface area (Å²) < 4.78 is 0. The number of hydrogen-bond acceptors (Lipinski definition) is 4. The highest BCUT2D eigenvalue weighted by atomic mass is 15.1. The van der Waals surface area contributed by atoms with E-state index < -0.39 is 0 Å². The minimum Gasteiger partial charge on any atom is -0.374 e. The molecular weight excluding hydrogens is 260 g/mol. The van der Waals surface area contributed by atoms with Crippen molar-refractivity contribution in [2.24, 2.45) is 0 Å². The monoisotopic (exact) mass is 282 g/mol. The Balaban J connectivity index is 2.04. The van der Waals surface area contributed by atoms with E-state index in [2.05, 4.69) is 52.4 Å². The highest BCUT2D eigenvalue weighted by molar-refractivity contribution is 5.66. The van der Waals surface area contributed by atoms with Gasteiger partial charge in [0.05, 0.1) is 0 Å². The fourth-order valence-corrected chi connectivity index (χ4v) is 2.86. The zero-order chi connectivity index (χ0) is 14.8. The van der Waals surface area contributed by atoms with Gasteiger partial charge in [-0.3, -0.25) is 0 Å². The zero-order valence-corrected chi connectivity index (χ0v) is 13.0. The predicted molar refractivity (Wildman–Crippen MR) is 88.0 cm³/mol. The van der Waals surface area contributed by atoms with E-state index in [1.807, 2.05) is 13.1 Å². The van der Waals surface area contributed by atoms with Gasteiger partial charge in [0.2, 0.25) is 0 Å². The van der Waals surface area contributed by atoms with E-state index in [9.17, 15) is 0 Å². The molecule has 0 spiro atoms. The minimum absolute atomic E-state index is 0.815. The lowest BCUT2D eigenvalue weighted by atomic mass is 9.99. The second-order valence-electron chi connectivity index (χ2n) is 5.54. The Hall–Kier alpha value is -2.10. The van der Waals surface area contributed by atoms with Crippen LogP contribution in [-0.2, 0) is 12.8 Å². The van der Waals surface area contributed by atoms with Gasteiger partial charge >= 0.3 is 0 Å². The lowest BCUT2D eigenvalue weighted by molar-refractivity contribution is 0.744. The molecule has 0 atom stereocenters. The fraction of sp³-hybridized carbons (Fsp3) is 0.412. The maximum atomic E-state index is 4.67. The molecule has 1 aromatic heterocycles. The molecule has 21 heavy (non-hydrogen) atoms. The van der Waals surface area contributed by atoms with Crippen LogP contribution in [0.4, 0.5) is 11.5 Å². The number of nitrogens with zero attached hydrogens (tertiary/aromatic N) is 3. The molecule has 0 saturated heterocycles. The first-order valence-corrected chi connectivity index (χ1v) is 7.61. The first-order chi connectivity index (χ1) is 10.2. The van der Waals surface area contributed by atoms with Crippen LogP contribution in [0.1, 0.15) is 24.6 Å². The SMILES string of the molecule is CCc1cc(NC)nc(-c2ccc3c(c2)CCCN3C)n1. The lowest BCUT2D eigenvalue weighted by Gasteiger charge is -2.27. The van der Waals surface area contributed by atoms with E-state index in [-0.39, 0.29) is 0 Å². The molecule has 0 fully saturated rings. The van der Waals surface area contributed by atoms with Gasteiger partial charge in [0.1, 0.15) is 5.82 Å². The lowest BCUT2D eigenvalue weighted by Crippen LogP contribution is -2.24. The summed E-state index contributed by atoms with van der Waals surface area (Å²) >= 11 is 0. The van der Waals surface area contributed by atoms with Crippen LogP contribution in [-0.4, -0.2) is 30.6 Å². The summed E-state index contributed by atoms with van der Waals surface area (Å²) in [4.78, 5) is 11.6. The van der Waals surface area contributed by atoms with E-state index >= 15 is 0 Å². The Bertz CT molecular complexity index is 629. The number of aryl methyl sites for hydroxylation is 2. The number of hydrogen-bond donors (Lipinski definition) is 1. The Morgan fingerprint density at radius 3 is 2.86 bits per heavy atom. The molecule has 1 aromatic carbocycles. The van der Waals surface area contributed by atoms with Gasteiger partial charge in [-0.05, 0) is 43.0 Å². The van der Waals surface area contributed by atoms with Crippen molar-refractivity contribution in [1.29, 1.82) is 0 Å². The molecule has 4 heteroatoms. The smallest absolute Gasteiger partial charge is 0.161 e. The van der Waals surface area contributed by atoms with Gasteiger partial charge < -0.3 is 10.2 Å². The largest absolute Gasteiger partial charge is 0.374 e. The van der Waals surface area contributed by atoms with Gasteiger partial charge in [-0.25, -0.2) is 9.97 Å². The van der Waals surface area contributed by atoms with Crippen LogP contribution in [0.15, 0.2) is 24.3 Å². The van der Waals surface area contributed by atoms with Crippen molar-refractivity contribution in [1.82, 2.24) is 9.97 Å². The standard InChI is InChI=1S/C17H22N4/c1-4-14-11-16(18-2)20-17(19-14)13-7-8-15-12(10-13)6-5-9-21(15)3/h7-8,10-11H,4-6,9H2,1-3H3,(H,18,19,20). The molecule has 0 unspecified atom stereocenters. The van der Waals surface area contributed by atoms with Crippen molar-refractivity contribution in [3.05, 3.63) is 35.5 Å². The number of anilines is 2. The van der Waals surface area contributed by atoms with Crippen molar-refractivity contribution < 1.29 is 0 Å². The van der Waals surface area contributed by atoms with Gasteiger partial charge in [0.25, 0.3) is 0 Å². The quantitative estimate of drug-likeness (QED) is 0.939. The molecule has 3 rings (SSSR count). The molecule has 2 aromatic rings. The third-order valence-electron chi connectivity index (χ3n) is 4.09. The summed E-state index contributed by atoms with van der Waals surface area (Å²) in [7, 11) is 4.05. The summed E-state index contributed by atoms with van der Waals surface area (Å²) in [6.45, 7) is 3.26. The maximum absolute atomic E-state index is 4.67. The molecule has 0 bridgehead atoms. The van der Waals surface area contributed by atoms with E-state index in [0.717, 1.165) is 42.3 Å². The summed E-state index contributed by atoms with van der Waals surface area (Å²) in [5.74, 6) is 1.70. The van der Waals surface area contributed by atoms with E-state index in [4.69, 9.17) is 0 Å². The first kappa shape index (κ1) is 13.9. The van der Waals surface area contributed by atoms with Crippen LogP contribution in [0, 0.1) is 0 Å². The molecule has 110 valence electrons. The number of benzene rings is 1.